The highest BCUT2D eigenvalue weighted by Crippen LogP contribution is 2.29. The average Bonchev–Trinajstić information content (AvgIpc) is 2.58. The van der Waals surface area contributed by atoms with Gasteiger partial charge in [-0.25, -0.2) is 4.98 Å². The molecule has 1 heterocycles. The Labute approximate surface area is 102 Å². The monoisotopic (exact) mass is 238 g/mol. The van der Waals surface area contributed by atoms with E-state index in [1.807, 2.05) is 0 Å². The lowest BCUT2D eigenvalue weighted by molar-refractivity contribution is 0.300. The molecule has 2 nitrogen and oxygen atoms in total. The molecule has 1 saturated carbocycles. The van der Waals surface area contributed by atoms with Gasteiger partial charge in [0.1, 0.15) is 0 Å². The van der Waals surface area contributed by atoms with Gasteiger partial charge in [0.2, 0.25) is 0 Å². The fourth-order valence-corrected chi connectivity index (χ4v) is 3.13. The summed E-state index contributed by atoms with van der Waals surface area (Å²) >= 11 is 1.78. The molecule has 0 unspecified atom stereocenters. The molecule has 90 valence electrons. The lowest BCUT2D eigenvalue weighted by Gasteiger charge is -2.26. The Kier molecular flexibility index (Phi) is 3.85. The minimum Gasteiger partial charge on any atom is -0.361 e. The van der Waals surface area contributed by atoms with E-state index in [4.69, 9.17) is 0 Å². The Morgan fingerprint density at radius 3 is 2.50 bits per heavy atom. The van der Waals surface area contributed by atoms with Gasteiger partial charge in [-0.05, 0) is 38.5 Å². The van der Waals surface area contributed by atoms with Crippen molar-refractivity contribution < 1.29 is 0 Å². The number of rotatable bonds is 3. The van der Waals surface area contributed by atoms with E-state index in [1.54, 1.807) is 11.3 Å². The predicted molar refractivity (Wildman–Crippen MR) is 71.2 cm³/mol. The van der Waals surface area contributed by atoms with Crippen LogP contribution in [0, 0.1) is 25.7 Å². The van der Waals surface area contributed by atoms with Crippen molar-refractivity contribution in [1.82, 2.24) is 4.98 Å². The molecule has 16 heavy (non-hydrogen) atoms. The number of anilines is 1. The van der Waals surface area contributed by atoms with E-state index in [0.717, 1.165) is 23.5 Å². The van der Waals surface area contributed by atoms with Crippen LogP contribution in [0.4, 0.5) is 5.13 Å². The van der Waals surface area contributed by atoms with Gasteiger partial charge in [0.25, 0.3) is 0 Å². The maximum Gasteiger partial charge on any atom is 0.183 e. The van der Waals surface area contributed by atoms with E-state index in [2.05, 4.69) is 31.1 Å². The number of hydrogen-bond donors (Lipinski definition) is 1. The number of aryl methyl sites for hydroxylation is 2. The topological polar surface area (TPSA) is 24.9 Å². The van der Waals surface area contributed by atoms with Gasteiger partial charge in [0, 0.05) is 11.4 Å². The van der Waals surface area contributed by atoms with E-state index < -0.39 is 0 Å². The summed E-state index contributed by atoms with van der Waals surface area (Å²) in [5.74, 6) is 1.81. The molecule has 1 aromatic rings. The average molecular weight is 238 g/mol. The number of thiazole rings is 1. The lowest BCUT2D eigenvalue weighted by Crippen LogP contribution is -2.20. The van der Waals surface area contributed by atoms with Crippen molar-refractivity contribution in [1.29, 1.82) is 0 Å². The van der Waals surface area contributed by atoms with Gasteiger partial charge in [0.05, 0.1) is 5.69 Å². The third-order valence-electron chi connectivity index (χ3n) is 3.71. The molecular formula is C13H22N2S. The first-order chi connectivity index (χ1) is 7.65. The molecule has 1 aliphatic rings. The van der Waals surface area contributed by atoms with Crippen LogP contribution in [0.2, 0.25) is 0 Å². The highest BCUT2D eigenvalue weighted by molar-refractivity contribution is 7.15. The highest BCUT2D eigenvalue weighted by Gasteiger charge is 2.18. The summed E-state index contributed by atoms with van der Waals surface area (Å²) in [7, 11) is 0. The molecule has 0 radical (unpaired) electrons. The van der Waals surface area contributed by atoms with E-state index in [-0.39, 0.29) is 0 Å². The predicted octanol–water partition coefficient (Wildman–Crippen LogP) is 4.00. The summed E-state index contributed by atoms with van der Waals surface area (Å²) in [6.45, 7) is 7.70. The van der Waals surface area contributed by atoms with Crippen LogP contribution in [-0.2, 0) is 0 Å². The van der Waals surface area contributed by atoms with Gasteiger partial charge in [-0.1, -0.05) is 19.8 Å². The summed E-state index contributed by atoms with van der Waals surface area (Å²) in [4.78, 5) is 5.85. The smallest absolute Gasteiger partial charge is 0.183 e. The number of aromatic nitrogens is 1. The molecule has 1 fully saturated rings. The molecule has 0 aromatic carbocycles. The van der Waals surface area contributed by atoms with Gasteiger partial charge >= 0.3 is 0 Å². The zero-order valence-electron chi connectivity index (χ0n) is 10.5. The number of hydrogen-bond acceptors (Lipinski definition) is 3. The van der Waals surface area contributed by atoms with Gasteiger partial charge < -0.3 is 5.32 Å². The van der Waals surface area contributed by atoms with Crippen molar-refractivity contribution in [3.05, 3.63) is 10.6 Å². The normalized spacial score (nSPS) is 25.7. The van der Waals surface area contributed by atoms with E-state index in [9.17, 15) is 0 Å². The molecule has 1 N–H and O–H groups in total. The maximum atomic E-state index is 4.52. The van der Waals surface area contributed by atoms with Crippen molar-refractivity contribution in [3.63, 3.8) is 0 Å². The zero-order chi connectivity index (χ0) is 11.5. The quantitative estimate of drug-likeness (QED) is 0.861. The van der Waals surface area contributed by atoms with Crippen molar-refractivity contribution >= 4 is 16.5 Å². The molecule has 1 aromatic heterocycles. The molecule has 2 rings (SSSR count). The molecule has 0 aliphatic heterocycles. The Balaban J connectivity index is 1.79. The molecule has 3 heteroatoms. The summed E-state index contributed by atoms with van der Waals surface area (Å²) in [6.07, 6.45) is 5.58. The molecular weight excluding hydrogens is 216 g/mol. The van der Waals surface area contributed by atoms with E-state index >= 15 is 0 Å². The van der Waals surface area contributed by atoms with Gasteiger partial charge in [-0.2, -0.15) is 0 Å². The third-order valence-corrected chi connectivity index (χ3v) is 4.74. The first kappa shape index (κ1) is 11.9. The van der Waals surface area contributed by atoms with E-state index in [1.165, 1.54) is 36.3 Å². The Morgan fingerprint density at radius 1 is 1.25 bits per heavy atom. The van der Waals surface area contributed by atoms with Gasteiger partial charge in [0.15, 0.2) is 5.13 Å². The van der Waals surface area contributed by atoms with Crippen LogP contribution in [0.15, 0.2) is 0 Å². The fourth-order valence-electron chi connectivity index (χ4n) is 2.31. The maximum absolute atomic E-state index is 4.52. The Hall–Kier alpha value is -0.570. The SMILES string of the molecule is Cc1nc(NCC2CCC(C)CC2)sc1C. The van der Waals surface area contributed by atoms with Crippen LogP contribution in [0.25, 0.3) is 0 Å². The molecule has 0 amide bonds. The van der Waals surface area contributed by atoms with Crippen molar-refractivity contribution in [3.8, 4) is 0 Å². The fraction of sp³-hybridized carbons (Fsp3) is 0.769. The first-order valence-electron chi connectivity index (χ1n) is 6.33. The lowest BCUT2D eigenvalue weighted by atomic mass is 9.83. The van der Waals surface area contributed by atoms with Crippen molar-refractivity contribution in [2.75, 3.05) is 11.9 Å². The standard InChI is InChI=1S/C13H22N2S/c1-9-4-6-12(7-5-9)8-14-13-15-10(2)11(3)16-13/h9,12H,4-8H2,1-3H3,(H,14,15). The summed E-state index contributed by atoms with van der Waals surface area (Å²) < 4.78 is 0. The second kappa shape index (κ2) is 5.17. The zero-order valence-corrected chi connectivity index (χ0v) is 11.4. The third kappa shape index (κ3) is 2.97. The first-order valence-corrected chi connectivity index (χ1v) is 7.14. The summed E-state index contributed by atoms with van der Waals surface area (Å²) in [6, 6.07) is 0. The van der Waals surface area contributed by atoms with Crippen LogP contribution < -0.4 is 5.32 Å². The second-order valence-corrected chi connectivity index (χ2v) is 6.37. The highest BCUT2D eigenvalue weighted by atomic mass is 32.1. The molecule has 1 aliphatic carbocycles. The largest absolute Gasteiger partial charge is 0.361 e. The van der Waals surface area contributed by atoms with E-state index in [0.29, 0.717) is 0 Å². The minimum atomic E-state index is 0.862. The molecule has 0 bridgehead atoms. The molecule has 0 saturated heterocycles. The number of nitrogens with zero attached hydrogens (tertiary/aromatic N) is 1. The number of nitrogens with one attached hydrogen (secondary N) is 1. The van der Waals surface area contributed by atoms with Gasteiger partial charge in [-0.15, -0.1) is 11.3 Å². The Morgan fingerprint density at radius 2 is 1.94 bits per heavy atom. The Bertz CT molecular complexity index is 318. The van der Waals surface area contributed by atoms with Crippen LogP contribution >= 0.6 is 11.3 Å². The summed E-state index contributed by atoms with van der Waals surface area (Å²) in [5, 5.41) is 4.60. The van der Waals surface area contributed by atoms with Gasteiger partial charge in [-0.3, -0.25) is 0 Å². The van der Waals surface area contributed by atoms with Crippen LogP contribution in [0.5, 0.6) is 0 Å². The van der Waals surface area contributed by atoms with Crippen molar-refractivity contribution in [2.24, 2.45) is 11.8 Å². The molecule has 0 spiro atoms. The van der Waals surface area contributed by atoms with Crippen LogP contribution in [-0.4, -0.2) is 11.5 Å². The van der Waals surface area contributed by atoms with Crippen LogP contribution in [0.3, 0.4) is 0 Å². The van der Waals surface area contributed by atoms with Crippen molar-refractivity contribution in [2.45, 2.75) is 46.5 Å². The molecule has 0 atom stereocenters. The van der Waals surface area contributed by atoms with Crippen LogP contribution in [0.1, 0.15) is 43.2 Å². The summed E-state index contributed by atoms with van der Waals surface area (Å²) in [5.41, 5.74) is 1.17. The minimum absolute atomic E-state index is 0.862. The second-order valence-electron chi connectivity index (χ2n) is 5.17.